The number of aromatic hydroxyl groups is 1. The summed E-state index contributed by atoms with van der Waals surface area (Å²) < 4.78 is 5.10. The highest BCUT2D eigenvalue weighted by atomic mass is 35.5. The minimum absolute atomic E-state index is 0.0789. The van der Waals surface area contributed by atoms with Gasteiger partial charge in [0.1, 0.15) is 11.3 Å². The second-order valence-corrected chi connectivity index (χ2v) is 6.20. The molecule has 0 aliphatic carbocycles. The first-order valence-electron chi connectivity index (χ1n) is 7.90. The molecule has 25 heavy (non-hydrogen) atoms. The average Bonchev–Trinajstić information content (AvgIpc) is 2.61. The summed E-state index contributed by atoms with van der Waals surface area (Å²) >= 11 is 5.80. The van der Waals surface area contributed by atoms with Gasteiger partial charge >= 0.3 is 5.97 Å². The van der Waals surface area contributed by atoms with E-state index < -0.39 is 18.0 Å². The predicted molar refractivity (Wildman–Crippen MR) is 95.9 cm³/mol. The largest absolute Gasteiger partial charge is 0.507 e. The molecule has 0 aromatic heterocycles. The number of hydrogen-bond acceptors (Lipinski definition) is 4. The van der Waals surface area contributed by atoms with Gasteiger partial charge in [0.15, 0.2) is 6.10 Å². The van der Waals surface area contributed by atoms with E-state index in [9.17, 15) is 14.7 Å². The van der Waals surface area contributed by atoms with E-state index >= 15 is 0 Å². The van der Waals surface area contributed by atoms with Gasteiger partial charge in [0.05, 0.1) is 0 Å². The Hall–Kier alpha value is -2.53. The van der Waals surface area contributed by atoms with Crippen LogP contribution in [0.4, 0.5) is 0 Å². The highest BCUT2D eigenvalue weighted by molar-refractivity contribution is 6.31. The van der Waals surface area contributed by atoms with E-state index in [-0.39, 0.29) is 17.2 Å². The Kier molecular flexibility index (Phi) is 6.42. The third kappa shape index (κ3) is 5.22. The molecule has 2 aromatic rings. The Morgan fingerprint density at radius 2 is 1.84 bits per heavy atom. The van der Waals surface area contributed by atoms with Gasteiger partial charge in [0.25, 0.3) is 5.91 Å². The van der Waals surface area contributed by atoms with Gasteiger partial charge in [-0.15, -0.1) is 0 Å². The Bertz CT molecular complexity index is 748. The maximum Gasteiger partial charge on any atom is 0.342 e. The molecule has 0 bridgehead atoms. The van der Waals surface area contributed by atoms with E-state index in [1.165, 1.54) is 25.1 Å². The highest BCUT2D eigenvalue weighted by Gasteiger charge is 2.21. The van der Waals surface area contributed by atoms with Gasteiger partial charge in [-0.05, 0) is 36.6 Å². The molecule has 0 heterocycles. The van der Waals surface area contributed by atoms with E-state index in [0.717, 1.165) is 5.56 Å². The number of amides is 1. The summed E-state index contributed by atoms with van der Waals surface area (Å²) in [5, 5.41) is 12.7. The van der Waals surface area contributed by atoms with Gasteiger partial charge in [-0.25, -0.2) is 4.79 Å². The van der Waals surface area contributed by atoms with E-state index in [1.807, 2.05) is 37.3 Å². The predicted octanol–water partition coefficient (Wildman–Crippen LogP) is 3.51. The number of ether oxygens (including phenoxy) is 1. The molecule has 0 saturated carbocycles. The van der Waals surface area contributed by atoms with Gasteiger partial charge in [-0.3, -0.25) is 4.79 Å². The molecule has 2 aromatic carbocycles. The minimum Gasteiger partial charge on any atom is -0.507 e. The van der Waals surface area contributed by atoms with Crippen molar-refractivity contribution in [1.29, 1.82) is 0 Å². The van der Waals surface area contributed by atoms with Crippen LogP contribution in [-0.2, 0) is 9.53 Å². The van der Waals surface area contributed by atoms with Crippen LogP contribution in [0.1, 0.15) is 35.7 Å². The Morgan fingerprint density at radius 1 is 1.16 bits per heavy atom. The van der Waals surface area contributed by atoms with Crippen LogP contribution in [0.25, 0.3) is 0 Å². The first kappa shape index (κ1) is 18.8. The summed E-state index contributed by atoms with van der Waals surface area (Å²) in [6, 6.07) is 13.8. The zero-order chi connectivity index (χ0) is 18.4. The van der Waals surface area contributed by atoms with Crippen LogP contribution in [0.5, 0.6) is 5.75 Å². The van der Waals surface area contributed by atoms with Crippen LogP contribution in [0.2, 0.25) is 5.02 Å². The second-order valence-electron chi connectivity index (χ2n) is 5.77. The van der Waals surface area contributed by atoms with Crippen LogP contribution in [0.15, 0.2) is 48.5 Å². The summed E-state index contributed by atoms with van der Waals surface area (Å²) in [5.74, 6) is -1.33. The molecule has 0 spiro atoms. The summed E-state index contributed by atoms with van der Waals surface area (Å²) in [6.07, 6.45) is -0.992. The van der Waals surface area contributed by atoms with Crippen LogP contribution in [0.3, 0.4) is 0 Å². The number of phenols is 1. The standard InChI is InChI=1S/C19H20ClNO4/c1-12(14-6-4-3-5-7-14)11-21-18(23)13(2)25-19(24)16-10-15(20)8-9-17(16)22/h3-10,12-13,22H,11H2,1-2H3,(H,21,23)/t12-,13+/m1/s1. The van der Waals surface area contributed by atoms with Gasteiger partial charge < -0.3 is 15.2 Å². The molecule has 0 aliphatic heterocycles. The van der Waals surface area contributed by atoms with Crippen molar-refractivity contribution < 1.29 is 19.4 Å². The van der Waals surface area contributed by atoms with Crippen molar-refractivity contribution in [1.82, 2.24) is 5.32 Å². The maximum atomic E-state index is 12.1. The molecule has 6 heteroatoms. The molecule has 2 atom stereocenters. The molecule has 0 fully saturated rings. The molecular formula is C19H20ClNO4. The first-order chi connectivity index (χ1) is 11.9. The van der Waals surface area contributed by atoms with Crippen LogP contribution in [-0.4, -0.2) is 29.6 Å². The lowest BCUT2D eigenvalue weighted by atomic mass is 10.0. The van der Waals surface area contributed by atoms with Crippen LogP contribution < -0.4 is 5.32 Å². The number of carbonyl (C=O) groups is 2. The Morgan fingerprint density at radius 3 is 2.52 bits per heavy atom. The average molecular weight is 362 g/mol. The third-order valence-electron chi connectivity index (χ3n) is 3.78. The van der Waals surface area contributed by atoms with Gasteiger partial charge in [0, 0.05) is 11.6 Å². The van der Waals surface area contributed by atoms with Crippen molar-refractivity contribution in [3.05, 3.63) is 64.7 Å². The number of halogens is 1. The molecule has 2 rings (SSSR count). The smallest absolute Gasteiger partial charge is 0.342 e. The molecule has 0 saturated heterocycles. The molecule has 2 N–H and O–H groups in total. The summed E-state index contributed by atoms with van der Waals surface area (Å²) in [4.78, 5) is 24.2. The van der Waals surface area contributed by atoms with Crippen LogP contribution >= 0.6 is 11.6 Å². The normalized spacial score (nSPS) is 12.9. The molecule has 132 valence electrons. The van der Waals surface area contributed by atoms with Crippen molar-refractivity contribution in [3.63, 3.8) is 0 Å². The number of rotatable bonds is 6. The molecular weight excluding hydrogens is 342 g/mol. The van der Waals surface area contributed by atoms with Gasteiger partial charge in [-0.2, -0.15) is 0 Å². The van der Waals surface area contributed by atoms with Crippen molar-refractivity contribution in [3.8, 4) is 5.75 Å². The zero-order valence-corrected chi connectivity index (χ0v) is 14.8. The number of carbonyl (C=O) groups excluding carboxylic acids is 2. The number of phenolic OH excluding ortho intramolecular Hbond substituents is 1. The minimum atomic E-state index is -0.992. The second kappa shape index (κ2) is 8.53. The highest BCUT2D eigenvalue weighted by Crippen LogP contribution is 2.22. The first-order valence-corrected chi connectivity index (χ1v) is 8.28. The fourth-order valence-corrected chi connectivity index (χ4v) is 2.42. The summed E-state index contributed by atoms with van der Waals surface area (Å²) in [7, 11) is 0. The van der Waals surface area contributed by atoms with Crippen molar-refractivity contribution in [2.24, 2.45) is 0 Å². The van der Waals surface area contributed by atoms with Crippen LogP contribution in [0, 0.1) is 0 Å². The van der Waals surface area contributed by atoms with E-state index in [1.54, 1.807) is 0 Å². The Labute approximate surface area is 151 Å². The van der Waals surface area contributed by atoms with Gasteiger partial charge in [-0.1, -0.05) is 48.9 Å². The third-order valence-corrected chi connectivity index (χ3v) is 4.02. The lowest BCUT2D eigenvalue weighted by Gasteiger charge is -2.17. The van der Waals surface area contributed by atoms with Gasteiger partial charge in [0.2, 0.25) is 0 Å². The summed E-state index contributed by atoms with van der Waals surface area (Å²) in [5.41, 5.74) is 1.03. The van der Waals surface area contributed by atoms with E-state index in [4.69, 9.17) is 16.3 Å². The monoisotopic (exact) mass is 361 g/mol. The number of hydrogen-bond donors (Lipinski definition) is 2. The fraction of sp³-hybridized carbons (Fsp3) is 0.263. The number of nitrogens with one attached hydrogen (secondary N) is 1. The van der Waals surface area contributed by atoms with E-state index in [2.05, 4.69) is 5.32 Å². The number of benzene rings is 2. The molecule has 5 nitrogen and oxygen atoms in total. The SMILES string of the molecule is C[C@H](OC(=O)c1cc(Cl)ccc1O)C(=O)NC[C@@H](C)c1ccccc1. The lowest BCUT2D eigenvalue weighted by Crippen LogP contribution is -2.37. The molecule has 0 radical (unpaired) electrons. The molecule has 0 unspecified atom stereocenters. The Balaban J connectivity index is 1.89. The van der Waals surface area contributed by atoms with E-state index in [0.29, 0.717) is 11.6 Å². The topological polar surface area (TPSA) is 75.6 Å². The number of esters is 1. The maximum absolute atomic E-state index is 12.1. The lowest BCUT2D eigenvalue weighted by molar-refractivity contribution is -0.129. The molecule has 0 aliphatic rings. The molecule has 1 amide bonds. The zero-order valence-electron chi connectivity index (χ0n) is 14.0. The summed E-state index contributed by atoms with van der Waals surface area (Å²) in [6.45, 7) is 3.89. The van der Waals surface area contributed by atoms with Crippen molar-refractivity contribution in [2.75, 3.05) is 6.54 Å². The van der Waals surface area contributed by atoms with Crippen molar-refractivity contribution >= 4 is 23.5 Å². The van der Waals surface area contributed by atoms with Crippen molar-refractivity contribution in [2.45, 2.75) is 25.9 Å². The fourth-order valence-electron chi connectivity index (χ4n) is 2.25. The quantitative estimate of drug-likeness (QED) is 0.772.